The monoisotopic (exact) mass is 467 g/mol. The lowest BCUT2D eigenvalue weighted by Gasteiger charge is -2.25. The summed E-state index contributed by atoms with van der Waals surface area (Å²) in [7, 11) is 1.78. The van der Waals surface area contributed by atoms with Gasteiger partial charge in [0.1, 0.15) is 0 Å². The maximum atomic E-state index is 5.22. The van der Waals surface area contributed by atoms with Crippen molar-refractivity contribution in [1.82, 2.24) is 20.4 Å². The second-order valence-corrected chi connectivity index (χ2v) is 6.85. The lowest BCUT2D eigenvalue weighted by Crippen LogP contribution is -2.43. The zero-order valence-electron chi connectivity index (χ0n) is 16.1. The fourth-order valence-corrected chi connectivity index (χ4v) is 3.27. The number of hydrogen-bond acceptors (Lipinski definition) is 4. The van der Waals surface area contributed by atoms with Crippen LogP contribution < -0.4 is 10.6 Å². The van der Waals surface area contributed by atoms with Crippen molar-refractivity contribution in [1.29, 1.82) is 0 Å². The number of hydrogen-bond donors (Lipinski definition) is 2. The molecule has 148 valence electrons. The topological polar surface area (TPSA) is 52.1 Å². The summed E-state index contributed by atoms with van der Waals surface area (Å²) in [6.07, 6.45) is 6.77. The standard InChI is InChI=1S/C18H37N5O.HI/c1-3-19-18(20-9-13-22-11-5-4-6-12-22)21-10-14-23(15-16-24-2)17-7-8-17;/h17H,3-16H2,1-2H3,(H2,19,20,21);1H. The first-order valence-corrected chi connectivity index (χ1v) is 9.81. The van der Waals surface area contributed by atoms with Gasteiger partial charge in [0, 0.05) is 45.9 Å². The number of halogens is 1. The summed E-state index contributed by atoms with van der Waals surface area (Å²) in [6.45, 7) is 11.3. The minimum absolute atomic E-state index is 0. The average molecular weight is 467 g/mol. The third-order valence-corrected chi connectivity index (χ3v) is 4.82. The van der Waals surface area contributed by atoms with E-state index in [1.54, 1.807) is 7.11 Å². The molecular weight excluding hydrogens is 429 g/mol. The quantitative estimate of drug-likeness (QED) is 0.276. The molecule has 0 unspecified atom stereocenters. The zero-order valence-corrected chi connectivity index (χ0v) is 18.5. The van der Waals surface area contributed by atoms with E-state index in [1.807, 2.05) is 0 Å². The number of nitrogens with zero attached hydrogens (tertiary/aromatic N) is 3. The Bertz CT molecular complexity index is 359. The van der Waals surface area contributed by atoms with Crippen molar-refractivity contribution < 1.29 is 4.74 Å². The molecule has 2 fully saturated rings. The fraction of sp³-hybridized carbons (Fsp3) is 0.944. The molecule has 1 aliphatic carbocycles. The SMILES string of the molecule is CCNC(=NCCN1CCCCC1)NCCN(CCOC)C1CC1.I. The number of piperidine rings is 1. The molecule has 0 spiro atoms. The molecule has 1 saturated heterocycles. The lowest BCUT2D eigenvalue weighted by atomic mass is 10.1. The first-order valence-electron chi connectivity index (χ1n) is 9.81. The fourth-order valence-electron chi connectivity index (χ4n) is 3.27. The van der Waals surface area contributed by atoms with Gasteiger partial charge in [-0.3, -0.25) is 9.89 Å². The number of nitrogens with one attached hydrogen (secondary N) is 2. The van der Waals surface area contributed by atoms with Crippen LogP contribution in [-0.4, -0.2) is 87.9 Å². The van der Waals surface area contributed by atoms with E-state index in [0.717, 1.165) is 57.9 Å². The van der Waals surface area contributed by atoms with Gasteiger partial charge in [0.05, 0.1) is 13.2 Å². The number of likely N-dealkylation sites (tertiary alicyclic amines) is 1. The third kappa shape index (κ3) is 9.96. The van der Waals surface area contributed by atoms with Crippen LogP contribution in [0.25, 0.3) is 0 Å². The number of guanidine groups is 1. The van der Waals surface area contributed by atoms with Crippen molar-refractivity contribution in [2.45, 2.75) is 45.1 Å². The van der Waals surface area contributed by atoms with Crippen LogP contribution in [0.5, 0.6) is 0 Å². The molecule has 1 saturated carbocycles. The summed E-state index contributed by atoms with van der Waals surface area (Å²) in [5.41, 5.74) is 0. The van der Waals surface area contributed by atoms with E-state index in [4.69, 9.17) is 9.73 Å². The maximum Gasteiger partial charge on any atom is 0.191 e. The summed E-state index contributed by atoms with van der Waals surface area (Å²) < 4.78 is 5.22. The lowest BCUT2D eigenvalue weighted by molar-refractivity contribution is 0.144. The summed E-state index contributed by atoms with van der Waals surface area (Å²) in [5, 5.41) is 6.85. The maximum absolute atomic E-state index is 5.22. The molecule has 2 aliphatic rings. The van der Waals surface area contributed by atoms with Crippen LogP contribution in [0.3, 0.4) is 0 Å². The highest BCUT2D eigenvalue weighted by atomic mass is 127. The average Bonchev–Trinajstić information content (AvgIpc) is 3.44. The summed E-state index contributed by atoms with van der Waals surface area (Å²) in [4.78, 5) is 9.81. The molecule has 0 atom stereocenters. The Morgan fingerprint density at radius 1 is 1.16 bits per heavy atom. The van der Waals surface area contributed by atoms with Crippen LogP contribution in [-0.2, 0) is 4.74 Å². The van der Waals surface area contributed by atoms with E-state index >= 15 is 0 Å². The number of methoxy groups -OCH3 is 1. The minimum Gasteiger partial charge on any atom is -0.383 e. The summed E-state index contributed by atoms with van der Waals surface area (Å²) >= 11 is 0. The number of ether oxygens (including phenoxy) is 1. The van der Waals surface area contributed by atoms with Crippen LogP contribution in [0.4, 0.5) is 0 Å². The van der Waals surface area contributed by atoms with E-state index in [0.29, 0.717) is 0 Å². The molecule has 0 aromatic rings. The van der Waals surface area contributed by atoms with Gasteiger partial charge in [-0.2, -0.15) is 0 Å². The Kier molecular flexibility index (Phi) is 12.8. The van der Waals surface area contributed by atoms with Gasteiger partial charge in [0.2, 0.25) is 0 Å². The summed E-state index contributed by atoms with van der Waals surface area (Å²) in [5.74, 6) is 0.956. The predicted octanol–water partition coefficient (Wildman–Crippen LogP) is 1.76. The normalized spacial score (nSPS) is 18.9. The highest BCUT2D eigenvalue weighted by molar-refractivity contribution is 14.0. The van der Waals surface area contributed by atoms with Crippen molar-refractivity contribution in [3.05, 3.63) is 0 Å². The molecule has 0 aromatic heterocycles. The molecule has 6 nitrogen and oxygen atoms in total. The van der Waals surface area contributed by atoms with E-state index in [1.165, 1.54) is 45.2 Å². The molecule has 1 aliphatic heterocycles. The second-order valence-electron chi connectivity index (χ2n) is 6.85. The van der Waals surface area contributed by atoms with Gasteiger partial charge in [0.15, 0.2) is 5.96 Å². The molecule has 0 aromatic carbocycles. The van der Waals surface area contributed by atoms with Gasteiger partial charge >= 0.3 is 0 Å². The van der Waals surface area contributed by atoms with Crippen LogP contribution in [0.2, 0.25) is 0 Å². The Balaban J connectivity index is 0.00000312. The van der Waals surface area contributed by atoms with E-state index in [2.05, 4.69) is 27.4 Å². The predicted molar refractivity (Wildman–Crippen MR) is 116 cm³/mol. The van der Waals surface area contributed by atoms with Gasteiger partial charge in [-0.25, -0.2) is 0 Å². The van der Waals surface area contributed by atoms with Gasteiger partial charge in [-0.05, 0) is 45.7 Å². The first-order chi connectivity index (χ1) is 11.8. The third-order valence-electron chi connectivity index (χ3n) is 4.82. The molecule has 0 bridgehead atoms. The van der Waals surface area contributed by atoms with Crippen molar-refractivity contribution in [2.75, 3.05) is 66.1 Å². The summed E-state index contributed by atoms with van der Waals surface area (Å²) in [6, 6.07) is 0.778. The smallest absolute Gasteiger partial charge is 0.191 e. The molecule has 7 heteroatoms. The molecule has 2 rings (SSSR count). The van der Waals surface area contributed by atoms with Gasteiger partial charge in [-0.1, -0.05) is 6.42 Å². The minimum atomic E-state index is 0. The largest absolute Gasteiger partial charge is 0.383 e. The Morgan fingerprint density at radius 3 is 2.56 bits per heavy atom. The van der Waals surface area contributed by atoms with Crippen LogP contribution in [0.1, 0.15) is 39.0 Å². The van der Waals surface area contributed by atoms with Gasteiger partial charge in [-0.15, -0.1) is 24.0 Å². The molecule has 0 amide bonds. The van der Waals surface area contributed by atoms with Crippen molar-refractivity contribution in [3.8, 4) is 0 Å². The highest BCUT2D eigenvalue weighted by Gasteiger charge is 2.28. The van der Waals surface area contributed by atoms with Crippen LogP contribution >= 0.6 is 24.0 Å². The molecule has 2 N–H and O–H groups in total. The highest BCUT2D eigenvalue weighted by Crippen LogP contribution is 2.25. The molecule has 25 heavy (non-hydrogen) atoms. The second kappa shape index (κ2) is 14.0. The number of rotatable bonds is 11. The molecule has 1 heterocycles. The first kappa shape index (κ1) is 22.9. The Labute approximate surface area is 171 Å². The van der Waals surface area contributed by atoms with Gasteiger partial charge in [0.25, 0.3) is 0 Å². The molecular formula is C18H38IN5O. The van der Waals surface area contributed by atoms with E-state index in [-0.39, 0.29) is 24.0 Å². The van der Waals surface area contributed by atoms with E-state index < -0.39 is 0 Å². The Hall–Kier alpha value is -0.120. The van der Waals surface area contributed by atoms with Gasteiger partial charge < -0.3 is 20.3 Å². The van der Waals surface area contributed by atoms with E-state index in [9.17, 15) is 0 Å². The Morgan fingerprint density at radius 2 is 1.92 bits per heavy atom. The van der Waals surface area contributed by atoms with Crippen LogP contribution in [0, 0.1) is 0 Å². The van der Waals surface area contributed by atoms with Crippen molar-refractivity contribution in [3.63, 3.8) is 0 Å². The zero-order chi connectivity index (χ0) is 17.0. The van der Waals surface area contributed by atoms with Crippen LogP contribution in [0.15, 0.2) is 4.99 Å². The van der Waals surface area contributed by atoms with Crippen molar-refractivity contribution in [2.24, 2.45) is 4.99 Å². The molecule has 0 radical (unpaired) electrons. The van der Waals surface area contributed by atoms with Crippen molar-refractivity contribution >= 4 is 29.9 Å². The number of aliphatic imine (C=N–C) groups is 1.